The third kappa shape index (κ3) is 3.01. The third-order valence-corrected chi connectivity index (χ3v) is 3.49. The first-order valence-corrected chi connectivity index (χ1v) is 6.31. The van der Waals surface area contributed by atoms with Crippen molar-refractivity contribution >= 4 is 11.7 Å². The van der Waals surface area contributed by atoms with Crippen molar-refractivity contribution in [2.75, 3.05) is 5.32 Å². The van der Waals surface area contributed by atoms with Crippen molar-refractivity contribution in [2.24, 2.45) is 11.1 Å². The van der Waals surface area contributed by atoms with E-state index in [2.05, 4.69) is 24.5 Å². The Balaban J connectivity index is 1.93. The molecule has 0 heterocycles. The molecule has 1 aromatic carbocycles. The van der Waals surface area contributed by atoms with Crippen molar-refractivity contribution in [3.05, 3.63) is 29.8 Å². The van der Waals surface area contributed by atoms with Crippen LogP contribution < -0.4 is 16.4 Å². The molecular weight excluding hydrogens is 226 g/mol. The van der Waals surface area contributed by atoms with E-state index in [1.807, 2.05) is 31.2 Å². The number of benzene rings is 1. The van der Waals surface area contributed by atoms with Crippen LogP contribution >= 0.6 is 0 Å². The SMILES string of the molecule is CC(N)c1cccc(NC(=O)NC2CC2(C)C)c1. The van der Waals surface area contributed by atoms with E-state index in [-0.39, 0.29) is 23.5 Å². The van der Waals surface area contributed by atoms with Crippen LogP contribution in [0.15, 0.2) is 24.3 Å². The molecule has 0 aliphatic heterocycles. The van der Waals surface area contributed by atoms with Crippen LogP contribution in [0.2, 0.25) is 0 Å². The lowest BCUT2D eigenvalue weighted by Crippen LogP contribution is -2.32. The van der Waals surface area contributed by atoms with Gasteiger partial charge in [0.25, 0.3) is 0 Å². The lowest BCUT2D eigenvalue weighted by Gasteiger charge is -2.11. The molecular formula is C14H21N3O. The first-order valence-electron chi connectivity index (χ1n) is 6.31. The molecule has 4 heteroatoms. The molecule has 98 valence electrons. The number of hydrogen-bond donors (Lipinski definition) is 3. The fraction of sp³-hybridized carbons (Fsp3) is 0.500. The molecule has 0 bridgehead atoms. The van der Waals surface area contributed by atoms with Crippen LogP contribution in [0.3, 0.4) is 0 Å². The van der Waals surface area contributed by atoms with Gasteiger partial charge >= 0.3 is 6.03 Å². The Morgan fingerprint density at radius 1 is 1.50 bits per heavy atom. The number of hydrogen-bond acceptors (Lipinski definition) is 2. The van der Waals surface area contributed by atoms with Gasteiger partial charge in [0, 0.05) is 17.8 Å². The van der Waals surface area contributed by atoms with Crippen molar-refractivity contribution in [2.45, 2.75) is 39.3 Å². The second-order valence-corrected chi connectivity index (χ2v) is 5.76. The molecule has 1 aliphatic carbocycles. The van der Waals surface area contributed by atoms with E-state index >= 15 is 0 Å². The van der Waals surface area contributed by atoms with Gasteiger partial charge in [-0.05, 0) is 36.5 Å². The van der Waals surface area contributed by atoms with Crippen molar-refractivity contribution in [3.8, 4) is 0 Å². The van der Waals surface area contributed by atoms with Crippen LogP contribution in [-0.4, -0.2) is 12.1 Å². The molecule has 1 saturated carbocycles. The molecule has 2 unspecified atom stereocenters. The smallest absolute Gasteiger partial charge is 0.319 e. The van der Waals surface area contributed by atoms with Crippen LogP contribution in [-0.2, 0) is 0 Å². The number of carbonyl (C=O) groups is 1. The van der Waals surface area contributed by atoms with Gasteiger partial charge in [-0.2, -0.15) is 0 Å². The summed E-state index contributed by atoms with van der Waals surface area (Å²) in [6.07, 6.45) is 1.04. The van der Waals surface area contributed by atoms with Gasteiger partial charge in [0.1, 0.15) is 0 Å². The van der Waals surface area contributed by atoms with Crippen LogP contribution in [0.25, 0.3) is 0 Å². The summed E-state index contributed by atoms with van der Waals surface area (Å²) in [5, 5.41) is 5.80. The van der Waals surface area contributed by atoms with Crippen molar-refractivity contribution in [3.63, 3.8) is 0 Å². The summed E-state index contributed by atoms with van der Waals surface area (Å²) in [5.41, 5.74) is 7.84. The van der Waals surface area contributed by atoms with E-state index in [9.17, 15) is 4.79 Å². The highest BCUT2D eigenvalue weighted by Crippen LogP contribution is 2.44. The summed E-state index contributed by atoms with van der Waals surface area (Å²) >= 11 is 0. The van der Waals surface area contributed by atoms with Crippen molar-refractivity contribution in [1.29, 1.82) is 0 Å². The van der Waals surface area contributed by atoms with Crippen LogP contribution in [0.1, 0.15) is 38.8 Å². The van der Waals surface area contributed by atoms with Gasteiger partial charge < -0.3 is 16.4 Å². The molecule has 0 aromatic heterocycles. The number of rotatable bonds is 3. The normalized spacial score (nSPS) is 22.1. The molecule has 1 aromatic rings. The van der Waals surface area contributed by atoms with Crippen molar-refractivity contribution < 1.29 is 4.79 Å². The zero-order valence-corrected chi connectivity index (χ0v) is 11.2. The third-order valence-electron chi connectivity index (χ3n) is 3.49. The maximum Gasteiger partial charge on any atom is 0.319 e. The Morgan fingerprint density at radius 2 is 2.17 bits per heavy atom. The molecule has 0 radical (unpaired) electrons. The average Bonchev–Trinajstić information content (AvgIpc) is 2.85. The standard InChI is InChI=1S/C14H21N3O/c1-9(15)10-5-4-6-11(7-10)16-13(18)17-12-8-14(12,2)3/h4-7,9,12H,8,15H2,1-3H3,(H2,16,17,18). The minimum absolute atomic E-state index is 0.0304. The number of urea groups is 1. The minimum atomic E-state index is -0.146. The number of amides is 2. The molecule has 1 fully saturated rings. The molecule has 2 amide bonds. The molecule has 18 heavy (non-hydrogen) atoms. The summed E-state index contributed by atoms with van der Waals surface area (Å²) in [6.45, 7) is 6.22. The molecule has 2 atom stereocenters. The summed E-state index contributed by atoms with van der Waals surface area (Å²) in [7, 11) is 0. The minimum Gasteiger partial charge on any atom is -0.335 e. The first kappa shape index (κ1) is 12.9. The average molecular weight is 247 g/mol. The summed E-state index contributed by atoms with van der Waals surface area (Å²) in [6, 6.07) is 7.73. The van der Waals surface area contributed by atoms with Gasteiger partial charge in [0.2, 0.25) is 0 Å². The highest BCUT2D eigenvalue weighted by atomic mass is 16.2. The quantitative estimate of drug-likeness (QED) is 0.768. The summed E-state index contributed by atoms with van der Waals surface area (Å²) in [5.74, 6) is 0. The summed E-state index contributed by atoms with van der Waals surface area (Å²) in [4.78, 5) is 11.8. The fourth-order valence-corrected chi connectivity index (χ4v) is 1.94. The maximum atomic E-state index is 11.8. The molecule has 0 saturated heterocycles. The van der Waals surface area contributed by atoms with Crippen LogP contribution in [0, 0.1) is 5.41 Å². The predicted octanol–water partition coefficient (Wildman–Crippen LogP) is 2.63. The second-order valence-electron chi connectivity index (χ2n) is 5.76. The van der Waals surface area contributed by atoms with Gasteiger partial charge in [-0.1, -0.05) is 26.0 Å². The molecule has 4 nitrogen and oxygen atoms in total. The number of carbonyl (C=O) groups excluding carboxylic acids is 1. The van der Waals surface area contributed by atoms with E-state index in [1.54, 1.807) is 0 Å². The largest absolute Gasteiger partial charge is 0.335 e. The van der Waals surface area contributed by atoms with E-state index in [0.29, 0.717) is 0 Å². The van der Waals surface area contributed by atoms with Gasteiger partial charge in [0.05, 0.1) is 0 Å². The van der Waals surface area contributed by atoms with Gasteiger partial charge in [-0.3, -0.25) is 0 Å². The lowest BCUT2D eigenvalue weighted by atomic mass is 10.1. The Bertz CT molecular complexity index is 454. The number of nitrogens with two attached hydrogens (primary N) is 1. The molecule has 4 N–H and O–H groups in total. The van der Waals surface area contributed by atoms with E-state index in [4.69, 9.17) is 5.73 Å². The Kier molecular flexibility index (Phi) is 3.30. The molecule has 2 rings (SSSR count). The predicted molar refractivity (Wildman–Crippen MR) is 73.4 cm³/mol. The number of nitrogens with one attached hydrogen (secondary N) is 2. The molecule has 0 spiro atoms. The van der Waals surface area contributed by atoms with E-state index < -0.39 is 0 Å². The Hall–Kier alpha value is -1.55. The van der Waals surface area contributed by atoms with Gasteiger partial charge in [0.15, 0.2) is 0 Å². The number of anilines is 1. The molecule has 1 aliphatic rings. The Labute approximate surface area is 108 Å². The zero-order valence-electron chi connectivity index (χ0n) is 11.2. The maximum absolute atomic E-state index is 11.8. The van der Waals surface area contributed by atoms with Gasteiger partial charge in [-0.15, -0.1) is 0 Å². The second kappa shape index (κ2) is 4.61. The lowest BCUT2D eigenvalue weighted by molar-refractivity contribution is 0.250. The van der Waals surface area contributed by atoms with Gasteiger partial charge in [-0.25, -0.2) is 4.79 Å². The first-order chi connectivity index (χ1) is 8.38. The van der Waals surface area contributed by atoms with Crippen molar-refractivity contribution in [1.82, 2.24) is 5.32 Å². The van der Waals surface area contributed by atoms with Crippen LogP contribution in [0.5, 0.6) is 0 Å². The highest BCUT2D eigenvalue weighted by Gasteiger charge is 2.46. The Morgan fingerprint density at radius 3 is 2.72 bits per heavy atom. The van der Waals surface area contributed by atoms with E-state index in [0.717, 1.165) is 17.7 Å². The zero-order chi connectivity index (χ0) is 13.3. The van der Waals surface area contributed by atoms with Crippen LogP contribution in [0.4, 0.5) is 10.5 Å². The topological polar surface area (TPSA) is 67.1 Å². The monoisotopic (exact) mass is 247 g/mol. The summed E-state index contributed by atoms with van der Waals surface area (Å²) < 4.78 is 0. The fourth-order valence-electron chi connectivity index (χ4n) is 1.94. The highest BCUT2D eigenvalue weighted by molar-refractivity contribution is 5.89. The van der Waals surface area contributed by atoms with E-state index in [1.165, 1.54) is 0 Å².